The molecule has 0 aliphatic rings. The number of nitrogens with zero attached hydrogens (tertiary/aromatic N) is 1. The van der Waals surface area contributed by atoms with Crippen LogP contribution in [0.4, 0.5) is 0 Å². The molecule has 3 N–H and O–H groups in total. The van der Waals surface area contributed by atoms with Crippen molar-refractivity contribution in [3.8, 4) is 0 Å². The van der Waals surface area contributed by atoms with E-state index < -0.39 is 0 Å². The first-order chi connectivity index (χ1) is 9.08. The van der Waals surface area contributed by atoms with Crippen LogP contribution in [0.15, 0.2) is 23.6 Å². The van der Waals surface area contributed by atoms with Crippen LogP contribution in [0, 0.1) is 20.8 Å². The minimum atomic E-state index is 0.228. The van der Waals surface area contributed by atoms with Gasteiger partial charge in [0.15, 0.2) is 0 Å². The molecule has 102 valence electrons. The van der Waals surface area contributed by atoms with Crippen molar-refractivity contribution in [3.63, 3.8) is 0 Å². The van der Waals surface area contributed by atoms with Crippen LogP contribution in [0.1, 0.15) is 27.4 Å². The van der Waals surface area contributed by atoms with Crippen molar-refractivity contribution in [2.45, 2.75) is 39.7 Å². The zero-order valence-electron chi connectivity index (χ0n) is 11.7. The summed E-state index contributed by atoms with van der Waals surface area (Å²) >= 11 is 1.70. The molecule has 3 nitrogen and oxygen atoms in total. The molecule has 1 aromatic carbocycles. The number of hydrogen-bond acceptors (Lipinski definition) is 4. The first kappa shape index (κ1) is 14.2. The Balaban J connectivity index is 2.08. The lowest BCUT2D eigenvalue weighted by atomic mass is 9.98. The molecule has 0 fully saturated rings. The van der Waals surface area contributed by atoms with Gasteiger partial charge in [0.05, 0.1) is 5.01 Å². The van der Waals surface area contributed by atoms with Gasteiger partial charge in [-0.1, -0.05) is 23.8 Å². The first-order valence-corrected chi connectivity index (χ1v) is 7.39. The molecule has 0 aliphatic heterocycles. The van der Waals surface area contributed by atoms with Crippen molar-refractivity contribution in [1.29, 1.82) is 0 Å². The van der Waals surface area contributed by atoms with E-state index in [2.05, 4.69) is 47.8 Å². The van der Waals surface area contributed by atoms with Gasteiger partial charge in [-0.25, -0.2) is 4.98 Å². The van der Waals surface area contributed by atoms with Gasteiger partial charge in [0.1, 0.15) is 0 Å². The molecule has 1 aromatic heterocycles. The van der Waals surface area contributed by atoms with Gasteiger partial charge in [0, 0.05) is 23.5 Å². The summed E-state index contributed by atoms with van der Waals surface area (Å²) in [6.45, 7) is 6.30. The second-order valence-corrected chi connectivity index (χ2v) is 6.03. The Hall–Kier alpha value is -1.23. The van der Waals surface area contributed by atoms with Gasteiger partial charge in [-0.15, -0.1) is 11.3 Å². The van der Waals surface area contributed by atoms with Crippen LogP contribution >= 0.6 is 11.3 Å². The fourth-order valence-electron chi connectivity index (χ4n) is 2.18. The van der Waals surface area contributed by atoms with Crippen molar-refractivity contribution in [2.24, 2.45) is 5.84 Å². The molecule has 0 radical (unpaired) electrons. The summed E-state index contributed by atoms with van der Waals surface area (Å²) < 4.78 is 0. The van der Waals surface area contributed by atoms with Crippen LogP contribution in [0.5, 0.6) is 0 Å². The predicted octanol–water partition coefficient (Wildman–Crippen LogP) is 2.69. The molecule has 0 bridgehead atoms. The molecule has 2 aromatic rings. The van der Waals surface area contributed by atoms with Gasteiger partial charge in [-0.3, -0.25) is 11.3 Å². The Morgan fingerprint density at radius 3 is 2.68 bits per heavy atom. The third-order valence-corrected chi connectivity index (χ3v) is 4.28. The molecule has 0 saturated heterocycles. The van der Waals surface area contributed by atoms with Crippen molar-refractivity contribution in [3.05, 3.63) is 51.0 Å². The summed E-state index contributed by atoms with van der Waals surface area (Å²) in [4.78, 5) is 4.50. The van der Waals surface area contributed by atoms with Crippen molar-refractivity contribution in [1.82, 2.24) is 10.4 Å². The van der Waals surface area contributed by atoms with Crippen LogP contribution in [0.2, 0.25) is 0 Å². The van der Waals surface area contributed by atoms with Crippen LogP contribution < -0.4 is 11.3 Å². The van der Waals surface area contributed by atoms with Crippen LogP contribution in [0.3, 0.4) is 0 Å². The van der Waals surface area contributed by atoms with Gasteiger partial charge in [0.2, 0.25) is 0 Å². The minimum Gasteiger partial charge on any atom is -0.271 e. The van der Waals surface area contributed by atoms with E-state index in [1.54, 1.807) is 11.3 Å². The summed E-state index contributed by atoms with van der Waals surface area (Å²) in [6.07, 6.45) is 1.81. The van der Waals surface area contributed by atoms with E-state index in [0.717, 1.165) is 23.5 Å². The van der Waals surface area contributed by atoms with E-state index in [1.165, 1.54) is 16.7 Å². The van der Waals surface area contributed by atoms with E-state index >= 15 is 0 Å². The van der Waals surface area contributed by atoms with Gasteiger partial charge < -0.3 is 0 Å². The quantitative estimate of drug-likeness (QED) is 0.651. The third kappa shape index (κ3) is 3.86. The number of thiazole rings is 1. The van der Waals surface area contributed by atoms with E-state index in [-0.39, 0.29) is 6.04 Å². The van der Waals surface area contributed by atoms with E-state index in [4.69, 9.17) is 5.84 Å². The maximum atomic E-state index is 5.69. The van der Waals surface area contributed by atoms with E-state index in [1.807, 2.05) is 6.92 Å². The van der Waals surface area contributed by atoms with Crippen LogP contribution in [0.25, 0.3) is 0 Å². The number of nitrogens with two attached hydrogens (primary N) is 1. The Morgan fingerprint density at radius 2 is 2.05 bits per heavy atom. The molecule has 2 rings (SSSR count). The first-order valence-electron chi connectivity index (χ1n) is 6.51. The number of benzene rings is 1. The average Bonchev–Trinajstić information content (AvgIpc) is 2.78. The number of rotatable bonds is 5. The van der Waals surface area contributed by atoms with E-state index in [9.17, 15) is 0 Å². The molecule has 0 aliphatic carbocycles. The van der Waals surface area contributed by atoms with Crippen molar-refractivity contribution in [2.75, 3.05) is 0 Å². The monoisotopic (exact) mass is 275 g/mol. The lowest BCUT2D eigenvalue weighted by Gasteiger charge is -2.16. The highest BCUT2D eigenvalue weighted by molar-refractivity contribution is 7.09. The highest BCUT2D eigenvalue weighted by Gasteiger charge is 2.12. The smallest absolute Gasteiger partial charge is 0.0944 e. The molecule has 1 atom stereocenters. The molecule has 19 heavy (non-hydrogen) atoms. The Morgan fingerprint density at radius 1 is 1.26 bits per heavy atom. The van der Waals surface area contributed by atoms with Gasteiger partial charge in [0.25, 0.3) is 0 Å². The normalized spacial score (nSPS) is 12.6. The second kappa shape index (κ2) is 6.28. The van der Waals surface area contributed by atoms with Gasteiger partial charge >= 0.3 is 0 Å². The van der Waals surface area contributed by atoms with Crippen molar-refractivity contribution < 1.29 is 0 Å². The maximum absolute atomic E-state index is 5.69. The lowest BCUT2D eigenvalue weighted by molar-refractivity contribution is 0.520. The Bertz CT molecular complexity index is 548. The Labute approximate surface area is 118 Å². The minimum absolute atomic E-state index is 0.228. The summed E-state index contributed by atoms with van der Waals surface area (Å²) in [5.41, 5.74) is 7.98. The average molecular weight is 275 g/mol. The summed E-state index contributed by atoms with van der Waals surface area (Å²) in [5, 5.41) is 3.23. The topological polar surface area (TPSA) is 50.9 Å². The maximum Gasteiger partial charge on any atom is 0.0944 e. The standard InChI is InChI=1S/C15H21N3S/c1-10-4-5-11(2)13(6-10)7-14(18-16)8-15-17-12(3)9-19-15/h4-6,9,14,18H,7-8,16H2,1-3H3. The molecule has 4 heteroatoms. The number of aryl methyl sites for hydroxylation is 3. The number of hydrogen-bond donors (Lipinski definition) is 2. The van der Waals surface area contributed by atoms with Crippen molar-refractivity contribution >= 4 is 11.3 Å². The molecule has 0 spiro atoms. The van der Waals surface area contributed by atoms with Crippen LogP contribution in [-0.4, -0.2) is 11.0 Å². The van der Waals surface area contributed by atoms with E-state index in [0.29, 0.717) is 0 Å². The predicted molar refractivity (Wildman–Crippen MR) is 81.3 cm³/mol. The molecule has 1 heterocycles. The Kier molecular flexibility index (Phi) is 4.69. The summed E-state index contributed by atoms with van der Waals surface area (Å²) in [7, 11) is 0. The summed E-state index contributed by atoms with van der Waals surface area (Å²) in [6, 6.07) is 6.79. The number of aromatic nitrogens is 1. The fourth-order valence-corrected chi connectivity index (χ4v) is 3.04. The molecular weight excluding hydrogens is 254 g/mol. The van der Waals surface area contributed by atoms with Gasteiger partial charge in [-0.05, 0) is 38.3 Å². The molecule has 1 unspecified atom stereocenters. The summed E-state index contributed by atoms with van der Waals surface area (Å²) in [5.74, 6) is 5.69. The highest BCUT2D eigenvalue weighted by Crippen LogP contribution is 2.16. The number of hydrazine groups is 1. The van der Waals surface area contributed by atoms with Gasteiger partial charge in [-0.2, -0.15) is 0 Å². The highest BCUT2D eigenvalue weighted by atomic mass is 32.1. The lowest BCUT2D eigenvalue weighted by Crippen LogP contribution is -2.38. The zero-order valence-corrected chi connectivity index (χ0v) is 12.6. The number of nitrogens with one attached hydrogen (secondary N) is 1. The third-order valence-electron chi connectivity index (χ3n) is 3.29. The molecular formula is C15H21N3S. The molecule has 0 amide bonds. The SMILES string of the molecule is Cc1ccc(C)c(CC(Cc2nc(C)cs2)NN)c1. The zero-order chi connectivity index (χ0) is 13.8. The molecule has 0 saturated carbocycles. The fraction of sp³-hybridized carbons (Fsp3) is 0.400. The largest absolute Gasteiger partial charge is 0.271 e. The van der Waals surface area contributed by atoms with Crippen LogP contribution in [-0.2, 0) is 12.8 Å². The second-order valence-electron chi connectivity index (χ2n) is 5.08.